The summed E-state index contributed by atoms with van der Waals surface area (Å²) in [4.78, 5) is 38.0. The molecule has 126 valence electrons. The van der Waals surface area contributed by atoms with Crippen molar-refractivity contribution in [2.75, 3.05) is 11.9 Å². The number of carbonyl (C=O) groups excluding carboxylic acids is 2. The molecule has 24 heavy (non-hydrogen) atoms. The zero-order chi connectivity index (χ0) is 17.9. The lowest BCUT2D eigenvalue weighted by atomic mass is 10.2. The number of halogens is 1. The van der Waals surface area contributed by atoms with Crippen LogP contribution in [0.25, 0.3) is 0 Å². The highest BCUT2D eigenvalue weighted by molar-refractivity contribution is 7.13. The maximum absolute atomic E-state index is 13.0. The molecule has 0 bridgehead atoms. The van der Waals surface area contributed by atoms with Gasteiger partial charge in [-0.25, -0.2) is 14.2 Å². The SMILES string of the molecule is Cc1nc(C)c(C(=O)OCC(=O)Nc2ccc(F)cc2[N+](=O)[O-])s1. The predicted octanol–water partition coefficient (Wildman–Crippen LogP) is 2.60. The van der Waals surface area contributed by atoms with Crippen LogP contribution in [0.5, 0.6) is 0 Å². The van der Waals surface area contributed by atoms with Gasteiger partial charge in [0.25, 0.3) is 11.6 Å². The second kappa shape index (κ2) is 7.13. The first-order chi connectivity index (χ1) is 11.3. The number of nitrogens with one attached hydrogen (secondary N) is 1. The zero-order valence-electron chi connectivity index (χ0n) is 12.7. The minimum atomic E-state index is -0.825. The van der Waals surface area contributed by atoms with E-state index in [9.17, 15) is 24.1 Å². The molecule has 1 aromatic carbocycles. The second-order valence-corrected chi connectivity index (χ2v) is 5.89. The third-order valence-electron chi connectivity index (χ3n) is 2.85. The highest BCUT2D eigenvalue weighted by atomic mass is 32.1. The topological polar surface area (TPSA) is 111 Å². The van der Waals surface area contributed by atoms with Crippen molar-refractivity contribution in [3.05, 3.63) is 49.7 Å². The summed E-state index contributed by atoms with van der Waals surface area (Å²) >= 11 is 1.14. The Morgan fingerprint density at radius 1 is 1.42 bits per heavy atom. The van der Waals surface area contributed by atoms with Gasteiger partial charge in [0.1, 0.15) is 16.4 Å². The molecule has 0 atom stereocenters. The van der Waals surface area contributed by atoms with Crippen LogP contribution in [0.2, 0.25) is 0 Å². The van der Waals surface area contributed by atoms with Crippen LogP contribution in [0.3, 0.4) is 0 Å². The molecule has 10 heteroatoms. The summed E-state index contributed by atoms with van der Waals surface area (Å²) in [6.45, 7) is 2.74. The molecule has 0 radical (unpaired) electrons. The second-order valence-electron chi connectivity index (χ2n) is 4.69. The largest absolute Gasteiger partial charge is 0.451 e. The first-order valence-electron chi connectivity index (χ1n) is 6.63. The van der Waals surface area contributed by atoms with E-state index in [1.165, 1.54) is 0 Å². The van der Waals surface area contributed by atoms with Gasteiger partial charge in [0.05, 0.1) is 21.7 Å². The van der Waals surface area contributed by atoms with Gasteiger partial charge in [-0.2, -0.15) is 0 Å². The Morgan fingerprint density at radius 3 is 2.71 bits per heavy atom. The number of aromatic nitrogens is 1. The van der Waals surface area contributed by atoms with E-state index < -0.39 is 34.9 Å². The van der Waals surface area contributed by atoms with E-state index in [-0.39, 0.29) is 10.6 Å². The Kier molecular flexibility index (Phi) is 5.19. The first-order valence-corrected chi connectivity index (χ1v) is 7.44. The fraction of sp³-hybridized carbons (Fsp3) is 0.214. The Morgan fingerprint density at radius 2 is 2.12 bits per heavy atom. The third kappa shape index (κ3) is 4.10. The number of carbonyl (C=O) groups is 2. The Bertz CT molecular complexity index is 821. The lowest BCUT2D eigenvalue weighted by molar-refractivity contribution is -0.384. The Hall–Kier alpha value is -2.88. The van der Waals surface area contributed by atoms with E-state index in [4.69, 9.17) is 4.74 Å². The molecular weight excluding hydrogens is 341 g/mol. The summed E-state index contributed by atoms with van der Waals surface area (Å²) < 4.78 is 17.9. The van der Waals surface area contributed by atoms with Crippen molar-refractivity contribution >= 4 is 34.6 Å². The summed E-state index contributed by atoms with van der Waals surface area (Å²) in [5.41, 5.74) is -0.284. The number of aryl methyl sites for hydroxylation is 2. The molecule has 0 saturated carbocycles. The van der Waals surface area contributed by atoms with Crippen LogP contribution in [0.4, 0.5) is 15.8 Å². The van der Waals surface area contributed by atoms with Gasteiger partial charge in [-0.15, -0.1) is 11.3 Å². The van der Waals surface area contributed by atoms with Crippen LogP contribution in [-0.4, -0.2) is 28.4 Å². The van der Waals surface area contributed by atoms with Crippen LogP contribution in [-0.2, 0) is 9.53 Å². The van der Waals surface area contributed by atoms with E-state index in [0.29, 0.717) is 16.8 Å². The molecule has 2 rings (SSSR count). The smallest absolute Gasteiger partial charge is 0.350 e. The van der Waals surface area contributed by atoms with Crippen LogP contribution in [0.1, 0.15) is 20.4 Å². The van der Waals surface area contributed by atoms with Crippen molar-refractivity contribution in [3.8, 4) is 0 Å². The van der Waals surface area contributed by atoms with Gasteiger partial charge in [-0.05, 0) is 26.0 Å². The number of benzene rings is 1. The number of hydrogen-bond acceptors (Lipinski definition) is 7. The van der Waals surface area contributed by atoms with Crippen molar-refractivity contribution in [2.45, 2.75) is 13.8 Å². The molecule has 0 aliphatic heterocycles. The number of hydrogen-bond donors (Lipinski definition) is 1. The Labute approximate surface area is 139 Å². The van der Waals surface area contributed by atoms with Crippen LogP contribution >= 0.6 is 11.3 Å². The van der Waals surface area contributed by atoms with Gasteiger partial charge in [-0.1, -0.05) is 0 Å². The molecular formula is C14H12FN3O5S. The number of anilines is 1. The molecule has 0 spiro atoms. The normalized spacial score (nSPS) is 10.3. The molecule has 0 fully saturated rings. The van der Waals surface area contributed by atoms with Gasteiger partial charge in [0.2, 0.25) is 0 Å². The summed E-state index contributed by atoms with van der Waals surface area (Å²) in [6.07, 6.45) is 0. The number of esters is 1. The number of ether oxygens (including phenoxy) is 1. The molecule has 1 N–H and O–H groups in total. The maximum atomic E-state index is 13.0. The minimum Gasteiger partial charge on any atom is -0.451 e. The lowest BCUT2D eigenvalue weighted by Gasteiger charge is -2.07. The number of rotatable bonds is 5. The highest BCUT2D eigenvalue weighted by Gasteiger charge is 2.19. The lowest BCUT2D eigenvalue weighted by Crippen LogP contribution is -2.21. The maximum Gasteiger partial charge on any atom is 0.350 e. The van der Waals surface area contributed by atoms with Crippen LogP contribution < -0.4 is 5.32 Å². The standard InChI is InChI=1S/C14H12FN3O5S/c1-7-13(24-8(2)16-7)14(20)23-6-12(19)17-10-4-3-9(15)5-11(10)18(21)22/h3-5H,6H2,1-2H3,(H,17,19). The van der Waals surface area contributed by atoms with Gasteiger partial charge < -0.3 is 10.1 Å². The van der Waals surface area contributed by atoms with E-state index in [1.807, 2.05) is 0 Å². The summed E-state index contributed by atoms with van der Waals surface area (Å²) in [5.74, 6) is -2.29. The Balaban J connectivity index is 2.00. The number of amides is 1. The average molecular weight is 353 g/mol. The molecule has 8 nitrogen and oxygen atoms in total. The van der Waals surface area contributed by atoms with E-state index in [0.717, 1.165) is 23.5 Å². The van der Waals surface area contributed by atoms with Crippen LogP contribution in [0.15, 0.2) is 18.2 Å². The number of nitro benzene ring substituents is 1. The first kappa shape index (κ1) is 17.5. The third-order valence-corrected chi connectivity index (χ3v) is 3.91. The summed E-state index contributed by atoms with van der Waals surface area (Å²) in [6, 6.07) is 2.72. The average Bonchev–Trinajstić information content (AvgIpc) is 2.85. The molecule has 0 aliphatic carbocycles. The molecule has 1 amide bonds. The quantitative estimate of drug-likeness (QED) is 0.502. The molecule has 0 saturated heterocycles. The van der Waals surface area contributed by atoms with Gasteiger partial charge in [0.15, 0.2) is 6.61 Å². The van der Waals surface area contributed by atoms with Crippen molar-refractivity contribution in [3.63, 3.8) is 0 Å². The van der Waals surface area contributed by atoms with Gasteiger partial charge >= 0.3 is 5.97 Å². The predicted molar refractivity (Wildman–Crippen MR) is 83.6 cm³/mol. The van der Waals surface area contributed by atoms with Crippen molar-refractivity contribution < 1.29 is 23.6 Å². The summed E-state index contributed by atoms with van der Waals surface area (Å²) in [7, 11) is 0. The highest BCUT2D eigenvalue weighted by Crippen LogP contribution is 2.25. The van der Waals surface area contributed by atoms with Crippen molar-refractivity contribution in [1.82, 2.24) is 4.98 Å². The van der Waals surface area contributed by atoms with E-state index in [1.54, 1.807) is 13.8 Å². The molecule has 1 heterocycles. The van der Waals surface area contributed by atoms with Crippen molar-refractivity contribution in [1.29, 1.82) is 0 Å². The van der Waals surface area contributed by atoms with Gasteiger partial charge in [-0.3, -0.25) is 14.9 Å². The van der Waals surface area contributed by atoms with E-state index >= 15 is 0 Å². The van der Waals surface area contributed by atoms with Gasteiger partial charge in [0, 0.05) is 0 Å². The summed E-state index contributed by atoms with van der Waals surface area (Å²) in [5, 5.41) is 13.7. The zero-order valence-corrected chi connectivity index (χ0v) is 13.5. The fourth-order valence-corrected chi connectivity index (χ4v) is 2.68. The molecule has 2 aromatic rings. The number of thiazole rings is 1. The van der Waals surface area contributed by atoms with Crippen LogP contribution in [0, 0.1) is 29.8 Å². The fourth-order valence-electron chi connectivity index (χ4n) is 1.87. The van der Waals surface area contributed by atoms with E-state index in [2.05, 4.69) is 10.3 Å². The number of nitro groups is 1. The monoisotopic (exact) mass is 353 g/mol. The number of nitrogens with zero attached hydrogens (tertiary/aromatic N) is 2. The molecule has 0 aliphatic rings. The molecule has 0 unspecified atom stereocenters. The molecule has 1 aromatic heterocycles. The van der Waals surface area contributed by atoms with Crippen molar-refractivity contribution in [2.24, 2.45) is 0 Å². The minimum absolute atomic E-state index is 0.188.